The highest BCUT2D eigenvalue weighted by Crippen LogP contribution is 2.27. The van der Waals surface area contributed by atoms with Gasteiger partial charge in [0, 0.05) is 6.42 Å². The summed E-state index contributed by atoms with van der Waals surface area (Å²) in [5.74, 6) is -1.65. The summed E-state index contributed by atoms with van der Waals surface area (Å²) in [6, 6.07) is 7.35. The zero-order chi connectivity index (χ0) is 15.6. The van der Waals surface area contributed by atoms with Crippen LogP contribution in [-0.4, -0.2) is 26.8 Å². The molecular formula is C16H20N2O3. The average Bonchev–Trinajstić information content (AvgIpc) is 2.80. The lowest BCUT2D eigenvalue weighted by atomic mass is 9.82. The highest BCUT2D eigenvalue weighted by Gasteiger charge is 2.28. The van der Waals surface area contributed by atoms with Crippen LogP contribution in [0.1, 0.15) is 44.2 Å². The van der Waals surface area contributed by atoms with Crippen molar-refractivity contribution in [3.63, 3.8) is 0 Å². The van der Waals surface area contributed by atoms with Crippen LogP contribution in [0.3, 0.4) is 0 Å². The van der Waals surface area contributed by atoms with Gasteiger partial charge in [-0.2, -0.15) is 0 Å². The second-order valence-corrected chi connectivity index (χ2v) is 6.53. The van der Waals surface area contributed by atoms with Crippen LogP contribution in [0.5, 0.6) is 0 Å². The number of benzene rings is 1. The molecule has 21 heavy (non-hydrogen) atoms. The number of carboxylic acid groups (broad SMARTS) is 1. The number of nitrogens with one attached hydrogen (secondary N) is 1. The molecule has 0 spiro atoms. The van der Waals surface area contributed by atoms with Crippen molar-refractivity contribution in [1.82, 2.24) is 9.97 Å². The molecule has 0 unspecified atom stereocenters. The first kappa shape index (κ1) is 15.2. The van der Waals surface area contributed by atoms with Gasteiger partial charge in [0.05, 0.1) is 17.0 Å². The maximum atomic E-state index is 12.3. The number of aliphatic carboxylic acids is 1. The standard InChI is InChI=1S/C16H20N2O3/c1-16(2,3)9-10(15(20)21)8-13(19)14-17-11-6-4-5-7-12(11)18-14/h4-7,10H,8-9H2,1-3H3,(H,17,18)(H,20,21)/t10-/m0/s1. The van der Waals surface area contributed by atoms with Crippen LogP contribution in [0.2, 0.25) is 0 Å². The molecule has 1 heterocycles. The van der Waals surface area contributed by atoms with Crippen LogP contribution >= 0.6 is 0 Å². The maximum Gasteiger partial charge on any atom is 0.306 e. The average molecular weight is 288 g/mol. The number of rotatable bonds is 5. The maximum absolute atomic E-state index is 12.3. The lowest BCUT2D eigenvalue weighted by molar-refractivity contribution is -0.142. The minimum absolute atomic E-state index is 0.0353. The van der Waals surface area contributed by atoms with E-state index in [2.05, 4.69) is 9.97 Å². The summed E-state index contributed by atoms with van der Waals surface area (Å²) in [5.41, 5.74) is 1.35. The number of fused-ring (bicyclic) bond motifs is 1. The van der Waals surface area contributed by atoms with Crippen molar-refractivity contribution in [3.8, 4) is 0 Å². The highest BCUT2D eigenvalue weighted by molar-refractivity contribution is 5.97. The van der Waals surface area contributed by atoms with Crippen molar-refractivity contribution < 1.29 is 14.7 Å². The van der Waals surface area contributed by atoms with E-state index in [-0.39, 0.29) is 23.4 Å². The lowest BCUT2D eigenvalue weighted by Gasteiger charge is -2.22. The quantitative estimate of drug-likeness (QED) is 0.827. The molecule has 0 radical (unpaired) electrons. The van der Waals surface area contributed by atoms with Gasteiger partial charge in [0.1, 0.15) is 0 Å². The van der Waals surface area contributed by atoms with E-state index >= 15 is 0 Å². The first-order valence-corrected chi connectivity index (χ1v) is 6.97. The lowest BCUT2D eigenvalue weighted by Crippen LogP contribution is -2.24. The normalized spacial score (nSPS) is 13.3. The molecule has 5 nitrogen and oxygen atoms in total. The van der Waals surface area contributed by atoms with E-state index in [1.807, 2.05) is 45.0 Å². The van der Waals surface area contributed by atoms with E-state index in [0.717, 1.165) is 5.52 Å². The van der Waals surface area contributed by atoms with Gasteiger partial charge < -0.3 is 10.1 Å². The Kier molecular flexibility index (Phi) is 4.11. The van der Waals surface area contributed by atoms with Crippen LogP contribution < -0.4 is 0 Å². The number of Topliss-reactive ketones (excluding diaryl/α,β-unsaturated/α-hetero) is 1. The molecule has 0 aliphatic carbocycles. The number of aromatic nitrogens is 2. The topological polar surface area (TPSA) is 83.0 Å². The van der Waals surface area contributed by atoms with Gasteiger partial charge in [0.2, 0.25) is 0 Å². The van der Waals surface area contributed by atoms with Crippen molar-refractivity contribution in [2.45, 2.75) is 33.6 Å². The summed E-state index contributed by atoms with van der Waals surface area (Å²) in [6.07, 6.45) is 0.417. The van der Waals surface area contributed by atoms with Gasteiger partial charge >= 0.3 is 5.97 Å². The van der Waals surface area contributed by atoms with E-state index in [4.69, 9.17) is 0 Å². The first-order chi connectivity index (χ1) is 9.76. The van der Waals surface area contributed by atoms with Crippen LogP contribution in [0.25, 0.3) is 11.0 Å². The molecule has 1 aromatic carbocycles. The van der Waals surface area contributed by atoms with Crippen molar-refractivity contribution in [3.05, 3.63) is 30.1 Å². The molecule has 0 bridgehead atoms. The molecule has 0 fully saturated rings. The number of hydrogen-bond acceptors (Lipinski definition) is 3. The number of para-hydroxylation sites is 2. The number of ketones is 1. The molecule has 2 N–H and O–H groups in total. The van der Waals surface area contributed by atoms with Gasteiger partial charge in [0.15, 0.2) is 11.6 Å². The van der Waals surface area contributed by atoms with Crippen molar-refractivity contribution in [2.24, 2.45) is 11.3 Å². The fourth-order valence-corrected chi connectivity index (χ4v) is 2.39. The van der Waals surface area contributed by atoms with Crippen LogP contribution in [0.4, 0.5) is 0 Å². The summed E-state index contributed by atoms with van der Waals surface area (Å²) < 4.78 is 0. The molecular weight excluding hydrogens is 268 g/mol. The Morgan fingerprint density at radius 3 is 2.52 bits per heavy atom. The van der Waals surface area contributed by atoms with E-state index in [0.29, 0.717) is 11.9 Å². The molecule has 1 aromatic heterocycles. The Morgan fingerprint density at radius 1 is 1.29 bits per heavy atom. The minimum Gasteiger partial charge on any atom is -0.481 e. The zero-order valence-electron chi connectivity index (χ0n) is 12.5. The van der Waals surface area contributed by atoms with E-state index in [9.17, 15) is 14.7 Å². The van der Waals surface area contributed by atoms with E-state index in [1.54, 1.807) is 0 Å². The SMILES string of the molecule is CC(C)(C)C[C@H](CC(=O)c1nc2ccccc2[nH]1)C(=O)O. The number of imidazole rings is 1. The summed E-state index contributed by atoms with van der Waals surface area (Å²) in [5, 5.41) is 9.29. The van der Waals surface area contributed by atoms with Gasteiger partial charge in [-0.05, 0) is 24.0 Å². The number of H-pyrrole nitrogens is 1. The summed E-state index contributed by atoms with van der Waals surface area (Å²) in [6.45, 7) is 5.90. The number of carboxylic acids is 1. The molecule has 0 aliphatic rings. The van der Waals surface area contributed by atoms with Gasteiger partial charge in [-0.1, -0.05) is 32.9 Å². The van der Waals surface area contributed by atoms with Crippen LogP contribution in [-0.2, 0) is 4.79 Å². The molecule has 2 rings (SSSR count). The van der Waals surface area contributed by atoms with Crippen molar-refractivity contribution >= 4 is 22.8 Å². The van der Waals surface area contributed by atoms with Gasteiger partial charge in [-0.25, -0.2) is 4.98 Å². The van der Waals surface area contributed by atoms with Crippen LogP contribution in [0, 0.1) is 11.3 Å². The van der Waals surface area contributed by atoms with Gasteiger partial charge in [-0.15, -0.1) is 0 Å². The molecule has 0 saturated carbocycles. The van der Waals surface area contributed by atoms with Crippen LogP contribution in [0.15, 0.2) is 24.3 Å². The molecule has 0 saturated heterocycles. The van der Waals surface area contributed by atoms with E-state index in [1.165, 1.54) is 0 Å². The molecule has 2 aromatic rings. The highest BCUT2D eigenvalue weighted by atomic mass is 16.4. The molecule has 0 aliphatic heterocycles. The second kappa shape index (κ2) is 5.68. The largest absolute Gasteiger partial charge is 0.481 e. The predicted octanol–water partition coefficient (Wildman–Crippen LogP) is 3.27. The van der Waals surface area contributed by atoms with Gasteiger partial charge in [-0.3, -0.25) is 9.59 Å². The fourth-order valence-electron chi connectivity index (χ4n) is 2.39. The third kappa shape index (κ3) is 3.90. The number of carbonyl (C=O) groups excluding carboxylic acids is 1. The number of hydrogen-bond donors (Lipinski definition) is 2. The van der Waals surface area contributed by atoms with Crippen molar-refractivity contribution in [2.75, 3.05) is 0 Å². The summed E-state index contributed by atoms with van der Waals surface area (Å²) in [7, 11) is 0. The predicted molar refractivity (Wildman–Crippen MR) is 80.2 cm³/mol. The third-order valence-corrected chi connectivity index (χ3v) is 3.29. The Labute approximate surface area is 123 Å². The molecule has 0 amide bonds. The van der Waals surface area contributed by atoms with Crippen molar-refractivity contribution in [1.29, 1.82) is 0 Å². The Hall–Kier alpha value is -2.17. The molecule has 112 valence electrons. The number of nitrogens with zero attached hydrogens (tertiary/aromatic N) is 1. The zero-order valence-corrected chi connectivity index (χ0v) is 12.5. The smallest absolute Gasteiger partial charge is 0.306 e. The summed E-state index contributed by atoms with van der Waals surface area (Å²) in [4.78, 5) is 30.8. The molecule has 1 atom stereocenters. The monoisotopic (exact) mass is 288 g/mol. The third-order valence-electron chi connectivity index (χ3n) is 3.29. The Balaban J connectivity index is 2.16. The second-order valence-electron chi connectivity index (χ2n) is 6.53. The fraction of sp³-hybridized carbons (Fsp3) is 0.438. The van der Waals surface area contributed by atoms with E-state index < -0.39 is 11.9 Å². The number of aromatic amines is 1. The minimum atomic E-state index is -0.936. The molecule has 5 heteroatoms. The number of carbonyl (C=O) groups is 2. The summed E-state index contributed by atoms with van der Waals surface area (Å²) >= 11 is 0. The Morgan fingerprint density at radius 2 is 1.95 bits per heavy atom. The van der Waals surface area contributed by atoms with Gasteiger partial charge in [0.25, 0.3) is 0 Å². The Bertz CT molecular complexity index is 634. The first-order valence-electron chi connectivity index (χ1n) is 6.97.